The zero-order chi connectivity index (χ0) is 10.8. The van der Waals surface area contributed by atoms with Gasteiger partial charge < -0.3 is 10.0 Å². The average molecular weight is 200 g/mol. The molecule has 0 aromatic rings. The first-order valence-electron chi connectivity index (χ1n) is 5.53. The standard InChI is InChI=1S/C11H22NO2/c1-9-5-7-10(8-6-9)14-12(13)11(2,3)4/h9-10H,5-8H2,1-4H3/q-1. The van der Waals surface area contributed by atoms with Gasteiger partial charge >= 0.3 is 0 Å². The van der Waals surface area contributed by atoms with Gasteiger partial charge in [-0.1, -0.05) is 6.92 Å². The van der Waals surface area contributed by atoms with Crippen LogP contribution in [0.3, 0.4) is 0 Å². The lowest BCUT2D eigenvalue weighted by molar-refractivity contribution is -0.216. The molecule has 0 saturated heterocycles. The summed E-state index contributed by atoms with van der Waals surface area (Å²) in [6, 6.07) is 0. The van der Waals surface area contributed by atoms with E-state index in [-0.39, 0.29) is 6.10 Å². The Hall–Kier alpha value is -0.120. The van der Waals surface area contributed by atoms with Crippen molar-refractivity contribution in [1.29, 1.82) is 0 Å². The lowest BCUT2D eigenvalue weighted by Crippen LogP contribution is -2.40. The van der Waals surface area contributed by atoms with Crippen LogP contribution in [-0.2, 0) is 4.84 Å². The average Bonchev–Trinajstić information content (AvgIpc) is 2.07. The molecule has 0 aromatic heterocycles. The first-order chi connectivity index (χ1) is 6.39. The van der Waals surface area contributed by atoms with Crippen molar-refractivity contribution in [2.75, 3.05) is 0 Å². The molecule has 0 spiro atoms. The summed E-state index contributed by atoms with van der Waals surface area (Å²) in [5.41, 5.74) is -0.441. The molecular formula is C11H22NO2-. The van der Waals surface area contributed by atoms with Gasteiger partial charge in [-0.15, -0.1) is 0 Å². The minimum atomic E-state index is -0.441. The van der Waals surface area contributed by atoms with Crippen molar-refractivity contribution in [3.8, 4) is 0 Å². The van der Waals surface area contributed by atoms with Crippen LogP contribution < -0.4 is 0 Å². The van der Waals surface area contributed by atoms with Crippen LogP contribution in [0.25, 0.3) is 0 Å². The summed E-state index contributed by atoms with van der Waals surface area (Å²) < 4.78 is 0. The molecule has 0 aromatic carbocycles. The van der Waals surface area contributed by atoms with Crippen molar-refractivity contribution in [2.24, 2.45) is 5.92 Å². The highest BCUT2D eigenvalue weighted by atomic mass is 16.9. The number of hydrogen-bond acceptors (Lipinski definition) is 3. The van der Waals surface area contributed by atoms with E-state index in [1.807, 2.05) is 20.8 Å². The van der Waals surface area contributed by atoms with E-state index in [0.717, 1.165) is 24.0 Å². The predicted molar refractivity (Wildman–Crippen MR) is 57.5 cm³/mol. The molecule has 0 bridgehead atoms. The normalized spacial score (nSPS) is 29.6. The van der Waals surface area contributed by atoms with E-state index in [9.17, 15) is 5.21 Å². The SMILES string of the molecule is CC1CCC(ON([O-])C(C)(C)C)CC1. The summed E-state index contributed by atoms with van der Waals surface area (Å²) in [5, 5.41) is 12.3. The van der Waals surface area contributed by atoms with Crippen LogP contribution in [-0.4, -0.2) is 16.9 Å². The van der Waals surface area contributed by atoms with Crippen LogP contribution in [0.2, 0.25) is 0 Å². The van der Waals surface area contributed by atoms with E-state index in [1.54, 1.807) is 0 Å². The van der Waals surface area contributed by atoms with E-state index in [2.05, 4.69) is 6.92 Å². The molecule has 3 nitrogen and oxygen atoms in total. The fourth-order valence-electron chi connectivity index (χ4n) is 1.63. The van der Waals surface area contributed by atoms with E-state index in [4.69, 9.17) is 4.84 Å². The Bertz CT molecular complexity index is 169. The van der Waals surface area contributed by atoms with Crippen LogP contribution in [0.15, 0.2) is 0 Å². The molecule has 0 heterocycles. The number of hydrogen-bond donors (Lipinski definition) is 0. The third kappa shape index (κ3) is 3.56. The molecule has 1 aliphatic carbocycles. The third-order valence-electron chi connectivity index (χ3n) is 2.76. The number of nitrogens with zero attached hydrogens (tertiary/aromatic N) is 1. The second-order valence-electron chi connectivity index (χ2n) is 5.42. The summed E-state index contributed by atoms with van der Waals surface area (Å²) in [7, 11) is 0. The largest absolute Gasteiger partial charge is 0.762 e. The number of rotatable bonds is 2. The summed E-state index contributed by atoms with van der Waals surface area (Å²) in [4.78, 5) is 5.38. The maximum absolute atomic E-state index is 11.5. The summed E-state index contributed by atoms with van der Waals surface area (Å²) >= 11 is 0. The highest BCUT2D eigenvalue weighted by molar-refractivity contribution is 4.74. The van der Waals surface area contributed by atoms with Gasteiger partial charge in [0.1, 0.15) is 0 Å². The Labute approximate surface area is 87.0 Å². The minimum Gasteiger partial charge on any atom is -0.762 e. The zero-order valence-electron chi connectivity index (χ0n) is 9.75. The lowest BCUT2D eigenvalue weighted by Gasteiger charge is -2.43. The Balaban J connectivity index is 2.31. The van der Waals surface area contributed by atoms with Gasteiger partial charge in [0.05, 0.1) is 6.10 Å². The lowest BCUT2D eigenvalue weighted by atomic mass is 9.89. The maximum atomic E-state index is 11.5. The minimum absolute atomic E-state index is 0.142. The van der Waals surface area contributed by atoms with Gasteiger partial charge in [-0.3, -0.25) is 5.23 Å². The Morgan fingerprint density at radius 2 is 1.64 bits per heavy atom. The molecular weight excluding hydrogens is 178 g/mol. The molecule has 1 saturated carbocycles. The van der Waals surface area contributed by atoms with Gasteiger partial charge in [-0.25, -0.2) is 0 Å². The van der Waals surface area contributed by atoms with Crippen LogP contribution in [0, 0.1) is 11.1 Å². The molecule has 0 unspecified atom stereocenters. The Kier molecular flexibility index (Phi) is 3.93. The third-order valence-corrected chi connectivity index (χ3v) is 2.76. The second-order valence-corrected chi connectivity index (χ2v) is 5.42. The van der Waals surface area contributed by atoms with E-state index in [0.29, 0.717) is 0 Å². The van der Waals surface area contributed by atoms with Crippen LogP contribution in [0.1, 0.15) is 53.4 Å². The molecule has 0 atom stereocenters. The van der Waals surface area contributed by atoms with Gasteiger partial charge in [-0.05, 0) is 52.4 Å². The van der Waals surface area contributed by atoms with Crippen molar-refractivity contribution in [1.82, 2.24) is 5.23 Å². The Morgan fingerprint density at radius 3 is 2.07 bits per heavy atom. The van der Waals surface area contributed by atoms with Gasteiger partial charge in [0.15, 0.2) is 0 Å². The first kappa shape index (κ1) is 12.0. The van der Waals surface area contributed by atoms with Crippen molar-refractivity contribution in [3.05, 3.63) is 5.21 Å². The molecule has 0 N–H and O–H groups in total. The highest BCUT2D eigenvalue weighted by Gasteiger charge is 2.22. The highest BCUT2D eigenvalue weighted by Crippen LogP contribution is 2.27. The van der Waals surface area contributed by atoms with Crippen molar-refractivity contribution in [3.63, 3.8) is 0 Å². The molecule has 0 radical (unpaired) electrons. The Morgan fingerprint density at radius 1 is 1.14 bits per heavy atom. The monoisotopic (exact) mass is 200 g/mol. The topological polar surface area (TPSA) is 35.5 Å². The fourth-order valence-corrected chi connectivity index (χ4v) is 1.63. The number of hydroxylamine groups is 2. The zero-order valence-corrected chi connectivity index (χ0v) is 9.75. The summed E-state index contributed by atoms with van der Waals surface area (Å²) in [6.07, 6.45) is 4.56. The predicted octanol–water partition coefficient (Wildman–Crippen LogP) is 3.10. The second kappa shape index (κ2) is 4.60. The van der Waals surface area contributed by atoms with Crippen LogP contribution in [0.5, 0.6) is 0 Å². The summed E-state index contributed by atoms with van der Waals surface area (Å²) in [5.74, 6) is 0.796. The molecule has 84 valence electrons. The molecule has 14 heavy (non-hydrogen) atoms. The smallest absolute Gasteiger partial charge is 0.0781 e. The quantitative estimate of drug-likeness (QED) is 0.642. The van der Waals surface area contributed by atoms with E-state index >= 15 is 0 Å². The van der Waals surface area contributed by atoms with Crippen molar-refractivity contribution in [2.45, 2.75) is 65.0 Å². The van der Waals surface area contributed by atoms with Gasteiger partial charge in [0.25, 0.3) is 0 Å². The molecule has 0 aliphatic heterocycles. The van der Waals surface area contributed by atoms with Gasteiger partial charge in [0, 0.05) is 5.54 Å². The fraction of sp³-hybridized carbons (Fsp3) is 1.00. The van der Waals surface area contributed by atoms with Crippen molar-refractivity contribution < 1.29 is 4.84 Å². The van der Waals surface area contributed by atoms with Crippen LogP contribution in [0.4, 0.5) is 0 Å². The molecule has 1 aliphatic rings. The summed E-state index contributed by atoms with van der Waals surface area (Å²) in [6.45, 7) is 7.86. The van der Waals surface area contributed by atoms with Gasteiger partial charge in [-0.2, -0.15) is 0 Å². The van der Waals surface area contributed by atoms with E-state index in [1.165, 1.54) is 12.8 Å². The molecule has 0 amide bonds. The first-order valence-corrected chi connectivity index (χ1v) is 5.53. The van der Waals surface area contributed by atoms with Crippen LogP contribution >= 0.6 is 0 Å². The molecule has 1 rings (SSSR count). The molecule has 3 heteroatoms. The van der Waals surface area contributed by atoms with E-state index < -0.39 is 5.54 Å². The van der Waals surface area contributed by atoms with Crippen molar-refractivity contribution >= 4 is 0 Å². The molecule has 1 fully saturated rings. The van der Waals surface area contributed by atoms with Gasteiger partial charge in [0.2, 0.25) is 0 Å². The maximum Gasteiger partial charge on any atom is 0.0781 e.